The Morgan fingerprint density at radius 3 is 2.50 bits per heavy atom. The fourth-order valence-corrected chi connectivity index (χ4v) is 4.51. The first kappa shape index (κ1) is 19.5. The minimum atomic E-state index is -1.81. The van der Waals surface area contributed by atoms with E-state index < -0.39 is 12.2 Å². The van der Waals surface area contributed by atoms with Crippen molar-refractivity contribution in [1.82, 2.24) is 0 Å². The van der Waals surface area contributed by atoms with Gasteiger partial charge in [-0.25, -0.2) is 13.8 Å². The third kappa shape index (κ3) is 3.64. The molecule has 0 atom stereocenters. The first-order valence-corrected chi connectivity index (χ1v) is 11.3. The van der Waals surface area contributed by atoms with Gasteiger partial charge in [-0.1, -0.05) is 56.3 Å². The molecule has 0 N–H and O–H groups in total. The van der Waals surface area contributed by atoms with Crippen LogP contribution in [0.4, 0.5) is 10.1 Å². The lowest BCUT2D eigenvalue weighted by molar-refractivity contribution is -0.661. The summed E-state index contributed by atoms with van der Waals surface area (Å²) in [6, 6.07) is 19.1. The lowest BCUT2D eigenvalue weighted by Crippen LogP contribution is -2.32. The maximum Gasteiger partial charge on any atom is 0.230 e. The lowest BCUT2D eigenvalue weighted by Gasteiger charge is -2.09. The van der Waals surface area contributed by atoms with Gasteiger partial charge in [-0.05, 0) is 48.0 Å². The Hall–Kier alpha value is -3.97. The van der Waals surface area contributed by atoms with Crippen LogP contribution in [-0.4, -0.2) is 0 Å². The summed E-state index contributed by atoms with van der Waals surface area (Å²) in [6.45, 7) is 13.2. The predicted octanol–water partition coefficient (Wildman–Crippen LogP) is 7.94. The number of hydrogen-bond acceptors (Lipinski definition) is 1. The first-order chi connectivity index (χ1) is 17.1. The SMILES string of the molecule is [2H]C([2H])(c1c[n+](C)c(-c2c(C)ccc3c2oc2c([N+]#[C-])cc(-c4ccccc4)cc23)cc1F)C(C)C. The molecule has 0 aliphatic carbocycles. The third-order valence-corrected chi connectivity index (χ3v) is 6.08. The quantitative estimate of drug-likeness (QED) is 0.201. The molecule has 0 radical (unpaired) electrons. The molecule has 0 unspecified atom stereocenters. The second-order valence-electron chi connectivity index (χ2n) is 8.92. The van der Waals surface area contributed by atoms with Crippen molar-refractivity contribution in [1.29, 1.82) is 0 Å². The molecule has 3 nitrogen and oxygen atoms in total. The van der Waals surface area contributed by atoms with E-state index in [0.717, 1.165) is 33.0 Å². The molecule has 5 rings (SSSR count). The van der Waals surface area contributed by atoms with Gasteiger partial charge in [0, 0.05) is 19.6 Å². The Morgan fingerprint density at radius 2 is 1.79 bits per heavy atom. The van der Waals surface area contributed by atoms with Crippen LogP contribution >= 0.6 is 0 Å². The number of fused-ring (bicyclic) bond motifs is 3. The van der Waals surface area contributed by atoms with Crippen LogP contribution in [0.25, 0.3) is 49.2 Å². The lowest BCUT2D eigenvalue weighted by atomic mass is 9.97. The van der Waals surface area contributed by atoms with Crippen molar-refractivity contribution in [3.63, 3.8) is 0 Å². The standard InChI is InChI=1S/C30H26FN2O/c1-18(2)13-22-17-33(5)27(16-25(22)31)28-19(3)11-12-23-24-14-21(20-9-7-6-8-10-20)15-26(32-4)29(24)34-30(23)28/h6-12,14-18H,13H2,1-3,5H3/q+1/i13D2. The summed E-state index contributed by atoms with van der Waals surface area (Å²) in [4.78, 5) is 3.74. The maximum atomic E-state index is 15.3. The Morgan fingerprint density at radius 1 is 1.03 bits per heavy atom. The summed E-state index contributed by atoms with van der Waals surface area (Å²) in [5.74, 6) is -0.980. The zero-order valence-corrected chi connectivity index (χ0v) is 19.6. The van der Waals surface area contributed by atoms with E-state index in [0.29, 0.717) is 22.5 Å². The highest BCUT2D eigenvalue weighted by atomic mass is 19.1. The summed E-state index contributed by atoms with van der Waals surface area (Å²) in [5.41, 5.74) is 5.65. The van der Waals surface area contributed by atoms with Gasteiger partial charge in [0.05, 0.1) is 17.7 Å². The monoisotopic (exact) mass is 451 g/mol. The third-order valence-electron chi connectivity index (χ3n) is 6.08. The van der Waals surface area contributed by atoms with Crippen LogP contribution in [0.2, 0.25) is 0 Å². The van der Waals surface area contributed by atoms with E-state index in [4.69, 9.17) is 13.7 Å². The van der Waals surface area contributed by atoms with Gasteiger partial charge < -0.3 is 4.42 Å². The van der Waals surface area contributed by atoms with E-state index in [2.05, 4.69) is 4.85 Å². The number of hydrogen-bond donors (Lipinski definition) is 0. The van der Waals surface area contributed by atoms with Crippen molar-refractivity contribution in [2.24, 2.45) is 13.0 Å². The molecule has 0 spiro atoms. The second kappa shape index (κ2) is 8.43. The van der Waals surface area contributed by atoms with Gasteiger partial charge >= 0.3 is 0 Å². The van der Waals surface area contributed by atoms with E-state index >= 15 is 4.39 Å². The van der Waals surface area contributed by atoms with Crippen molar-refractivity contribution < 1.29 is 16.1 Å². The van der Waals surface area contributed by atoms with Gasteiger partial charge in [0.1, 0.15) is 24.0 Å². The van der Waals surface area contributed by atoms with Crippen molar-refractivity contribution in [2.45, 2.75) is 27.1 Å². The molecule has 0 amide bonds. The molecule has 3 aromatic carbocycles. The first-order valence-electron chi connectivity index (χ1n) is 12.3. The fourth-order valence-electron chi connectivity index (χ4n) is 4.51. The normalized spacial score (nSPS) is 12.7. The van der Waals surface area contributed by atoms with Crippen molar-refractivity contribution in [3.05, 3.63) is 95.2 Å². The van der Waals surface area contributed by atoms with E-state index in [1.807, 2.05) is 61.5 Å². The van der Waals surface area contributed by atoms with Crippen LogP contribution in [0.1, 0.15) is 27.7 Å². The molecule has 34 heavy (non-hydrogen) atoms. The molecule has 0 bridgehead atoms. The number of nitrogens with zero attached hydrogens (tertiary/aromatic N) is 2. The topological polar surface area (TPSA) is 21.4 Å². The van der Waals surface area contributed by atoms with Crippen LogP contribution in [-0.2, 0) is 13.4 Å². The molecule has 2 aromatic heterocycles. The van der Waals surface area contributed by atoms with Crippen molar-refractivity contribution >= 4 is 27.6 Å². The minimum Gasteiger partial charge on any atom is -0.466 e. The predicted molar refractivity (Wildman–Crippen MR) is 135 cm³/mol. The largest absolute Gasteiger partial charge is 0.466 e. The number of aromatic nitrogens is 1. The molecule has 4 heteroatoms. The molecule has 0 aliphatic heterocycles. The molecule has 5 aromatic rings. The second-order valence-corrected chi connectivity index (χ2v) is 8.92. The molecule has 0 saturated carbocycles. The summed E-state index contributed by atoms with van der Waals surface area (Å²) in [6.07, 6.45) is -0.275. The molecule has 2 heterocycles. The molecule has 0 fully saturated rings. The molecule has 0 saturated heterocycles. The van der Waals surface area contributed by atoms with E-state index in [9.17, 15) is 0 Å². The highest BCUT2D eigenvalue weighted by molar-refractivity contribution is 6.14. The zero-order chi connectivity index (χ0) is 25.8. The van der Waals surface area contributed by atoms with Gasteiger partial charge in [-0.3, -0.25) is 0 Å². The Bertz CT molecular complexity index is 1680. The minimum absolute atomic E-state index is 0.0287. The van der Waals surface area contributed by atoms with Crippen LogP contribution in [0.5, 0.6) is 0 Å². The maximum absolute atomic E-state index is 15.3. The zero-order valence-electron chi connectivity index (χ0n) is 21.6. The smallest absolute Gasteiger partial charge is 0.230 e. The Kier molecular flexibility index (Phi) is 4.83. The van der Waals surface area contributed by atoms with Gasteiger partial charge in [-0.15, -0.1) is 0 Å². The fraction of sp³-hybridized carbons (Fsp3) is 0.200. The summed E-state index contributed by atoms with van der Waals surface area (Å²) < 4.78 is 40.2. The van der Waals surface area contributed by atoms with Crippen LogP contribution in [0.3, 0.4) is 0 Å². The molecule has 0 aliphatic rings. The number of rotatable bonds is 4. The number of benzene rings is 3. The highest BCUT2D eigenvalue weighted by Crippen LogP contribution is 2.42. The highest BCUT2D eigenvalue weighted by Gasteiger charge is 2.24. The van der Waals surface area contributed by atoms with Crippen molar-refractivity contribution in [3.8, 4) is 22.4 Å². The Labute approximate surface area is 201 Å². The van der Waals surface area contributed by atoms with E-state index in [1.54, 1.807) is 25.5 Å². The number of aryl methyl sites for hydroxylation is 2. The number of pyridine rings is 1. The average Bonchev–Trinajstić information content (AvgIpc) is 3.23. The molecule has 168 valence electrons. The molecular weight excluding hydrogens is 423 g/mol. The summed E-state index contributed by atoms with van der Waals surface area (Å²) in [7, 11) is 1.79. The van der Waals surface area contributed by atoms with Crippen LogP contribution in [0.15, 0.2) is 71.3 Å². The summed E-state index contributed by atoms with van der Waals surface area (Å²) >= 11 is 0. The van der Waals surface area contributed by atoms with Crippen molar-refractivity contribution in [2.75, 3.05) is 0 Å². The van der Waals surface area contributed by atoms with Gasteiger partial charge in [0.2, 0.25) is 11.4 Å². The Balaban J connectivity index is 1.79. The van der Waals surface area contributed by atoms with Crippen LogP contribution < -0.4 is 4.57 Å². The van der Waals surface area contributed by atoms with E-state index in [-0.39, 0.29) is 11.5 Å². The van der Waals surface area contributed by atoms with Gasteiger partial charge in [0.15, 0.2) is 6.20 Å². The molecular formula is C30H26FN2O+. The summed E-state index contributed by atoms with van der Waals surface area (Å²) in [5, 5.41) is 1.67. The number of halogens is 1. The average molecular weight is 452 g/mol. The van der Waals surface area contributed by atoms with Gasteiger partial charge in [-0.2, -0.15) is 0 Å². The number of furan rings is 1. The van der Waals surface area contributed by atoms with Crippen LogP contribution in [0, 0.1) is 25.2 Å². The van der Waals surface area contributed by atoms with Gasteiger partial charge in [0.25, 0.3) is 0 Å². The van der Waals surface area contributed by atoms with E-state index in [1.165, 1.54) is 12.3 Å².